The molecule has 0 bridgehead atoms. The van der Waals surface area contributed by atoms with Gasteiger partial charge in [-0.2, -0.15) is 0 Å². The molecule has 0 aromatic heterocycles. The highest BCUT2D eigenvalue weighted by Gasteiger charge is 2.41. The van der Waals surface area contributed by atoms with Crippen LogP contribution in [-0.2, 0) is 4.79 Å². The van der Waals surface area contributed by atoms with E-state index >= 15 is 0 Å². The Morgan fingerprint density at radius 1 is 1.31 bits per heavy atom. The summed E-state index contributed by atoms with van der Waals surface area (Å²) in [6.07, 6.45) is 4.86. The Balaban J connectivity index is 2.58. The van der Waals surface area contributed by atoms with Crippen LogP contribution in [0.3, 0.4) is 0 Å². The molecule has 2 N–H and O–H groups in total. The number of amides is 1. The van der Waals surface area contributed by atoms with Crippen LogP contribution in [0.4, 0.5) is 0 Å². The van der Waals surface area contributed by atoms with Crippen molar-refractivity contribution in [2.45, 2.75) is 59.0 Å². The zero-order chi connectivity index (χ0) is 12.2. The van der Waals surface area contributed by atoms with Crippen molar-refractivity contribution in [3.05, 3.63) is 0 Å². The molecule has 0 heterocycles. The van der Waals surface area contributed by atoms with Gasteiger partial charge in [-0.25, -0.2) is 0 Å². The summed E-state index contributed by atoms with van der Waals surface area (Å²) in [5.41, 5.74) is -0.150. The maximum Gasteiger partial charge on any atom is 0.226 e. The standard InChI is InChI=1S/C13H25NO2/c1-10(2)8-13(6-4-5-7-13)12(16)14-9-11(3)15/h10-11,15H,4-9H2,1-3H3,(H,14,16)/t11-/m0/s1. The minimum atomic E-state index is -0.457. The molecule has 0 unspecified atom stereocenters. The summed E-state index contributed by atoms with van der Waals surface area (Å²) in [7, 11) is 0. The lowest BCUT2D eigenvalue weighted by molar-refractivity contribution is -0.132. The predicted octanol–water partition coefficient (Wildman–Crippen LogP) is 2.09. The molecule has 1 saturated carbocycles. The van der Waals surface area contributed by atoms with Gasteiger partial charge < -0.3 is 10.4 Å². The molecule has 1 aliphatic rings. The number of hydrogen-bond acceptors (Lipinski definition) is 2. The second kappa shape index (κ2) is 5.67. The molecule has 94 valence electrons. The van der Waals surface area contributed by atoms with E-state index in [1.807, 2.05) is 0 Å². The lowest BCUT2D eigenvalue weighted by Gasteiger charge is -2.29. The van der Waals surface area contributed by atoms with E-state index in [4.69, 9.17) is 0 Å². The van der Waals surface area contributed by atoms with Crippen LogP contribution in [-0.4, -0.2) is 23.7 Å². The molecule has 16 heavy (non-hydrogen) atoms. The number of aliphatic hydroxyl groups excluding tert-OH is 1. The molecule has 1 fully saturated rings. The Kier molecular flexibility index (Phi) is 4.78. The van der Waals surface area contributed by atoms with E-state index in [1.54, 1.807) is 6.92 Å². The second-order valence-electron chi connectivity index (χ2n) is 5.64. The molecular formula is C13H25NO2. The molecular weight excluding hydrogens is 202 g/mol. The first-order valence-electron chi connectivity index (χ1n) is 6.43. The third kappa shape index (κ3) is 3.48. The lowest BCUT2D eigenvalue weighted by Crippen LogP contribution is -2.42. The first-order valence-corrected chi connectivity index (χ1v) is 6.43. The molecule has 0 saturated heterocycles. The summed E-state index contributed by atoms with van der Waals surface area (Å²) in [6.45, 7) is 6.41. The Morgan fingerprint density at radius 3 is 2.31 bits per heavy atom. The number of hydrogen-bond donors (Lipinski definition) is 2. The van der Waals surface area contributed by atoms with Gasteiger partial charge in [0.2, 0.25) is 5.91 Å². The maximum absolute atomic E-state index is 12.2. The van der Waals surface area contributed by atoms with Crippen molar-refractivity contribution in [3.8, 4) is 0 Å². The van der Waals surface area contributed by atoms with E-state index in [1.165, 1.54) is 0 Å². The van der Waals surface area contributed by atoms with E-state index < -0.39 is 6.10 Å². The van der Waals surface area contributed by atoms with Gasteiger partial charge in [-0.1, -0.05) is 26.7 Å². The van der Waals surface area contributed by atoms with E-state index in [9.17, 15) is 9.90 Å². The largest absolute Gasteiger partial charge is 0.392 e. The molecule has 0 aliphatic heterocycles. The third-order valence-electron chi connectivity index (χ3n) is 3.40. The molecule has 0 aromatic rings. The van der Waals surface area contributed by atoms with Gasteiger partial charge in [0.1, 0.15) is 0 Å². The Bertz CT molecular complexity index is 230. The van der Waals surface area contributed by atoms with Crippen LogP contribution in [0.2, 0.25) is 0 Å². The van der Waals surface area contributed by atoms with Crippen LogP contribution >= 0.6 is 0 Å². The van der Waals surface area contributed by atoms with Crippen molar-refractivity contribution in [3.63, 3.8) is 0 Å². The highest BCUT2D eigenvalue weighted by Crippen LogP contribution is 2.43. The second-order valence-corrected chi connectivity index (χ2v) is 5.64. The average molecular weight is 227 g/mol. The number of carbonyl (C=O) groups excluding carboxylic acids is 1. The first kappa shape index (κ1) is 13.5. The monoisotopic (exact) mass is 227 g/mol. The van der Waals surface area contributed by atoms with Gasteiger partial charge in [-0.3, -0.25) is 4.79 Å². The molecule has 3 heteroatoms. The van der Waals surface area contributed by atoms with Crippen molar-refractivity contribution in [2.24, 2.45) is 11.3 Å². The van der Waals surface area contributed by atoms with Gasteiger partial charge in [-0.05, 0) is 32.1 Å². The summed E-state index contributed by atoms with van der Waals surface area (Å²) in [6, 6.07) is 0. The highest BCUT2D eigenvalue weighted by molar-refractivity contribution is 5.82. The zero-order valence-corrected chi connectivity index (χ0v) is 10.8. The normalized spacial score (nSPS) is 21.1. The Morgan fingerprint density at radius 2 is 1.88 bits per heavy atom. The molecule has 0 spiro atoms. The van der Waals surface area contributed by atoms with E-state index in [2.05, 4.69) is 19.2 Å². The molecule has 1 rings (SSSR count). The van der Waals surface area contributed by atoms with E-state index in [0.29, 0.717) is 12.5 Å². The smallest absolute Gasteiger partial charge is 0.226 e. The van der Waals surface area contributed by atoms with Crippen molar-refractivity contribution in [1.29, 1.82) is 0 Å². The quantitative estimate of drug-likeness (QED) is 0.755. The minimum Gasteiger partial charge on any atom is -0.392 e. The predicted molar refractivity (Wildman–Crippen MR) is 65.0 cm³/mol. The average Bonchev–Trinajstić information content (AvgIpc) is 2.62. The summed E-state index contributed by atoms with van der Waals surface area (Å²) >= 11 is 0. The van der Waals surface area contributed by atoms with Gasteiger partial charge in [-0.15, -0.1) is 0 Å². The van der Waals surface area contributed by atoms with Gasteiger partial charge in [0.25, 0.3) is 0 Å². The fraction of sp³-hybridized carbons (Fsp3) is 0.923. The molecule has 0 radical (unpaired) electrons. The van der Waals surface area contributed by atoms with Crippen LogP contribution in [0.5, 0.6) is 0 Å². The molecule has 3 nitrogen and oxygen atoms in total. The number of rotatable bonds is 5. The highest BCUT2D eigenvalue weighted by atomic mass is 16.3. The fourth-order valence-electron chi connectivity index (χ4n) is 2.79. The van der Waals surface area contributed by atoms with Crippen molar-refractivity contribution >= 4 is 5.91 Å². The Hall–Kier alpha value is -0.570. The summed E-state index contributed by atoms with van der Waals surface area (Å²) in [5.74, 6) is 0.704. The van der Waals surface area contributed by atoms with Gasteiger partial charge in [0.15, 0.2) is 0 Å². The minimum absolute atomic E-state index is 0.150. The van der Waals surface area contributed by atoms with Crippen LogP contribution in [0.15, 0.2) is 0 Å². The molecule has 0 aromatic carbocycles. The number of nitrogens with one attached hydrogen (secondary N) is 1. The molecule has 1 atom stereocenters. The van der Waals surface area contributed by atoms with Gasteiger partial charge in [0, 0.05) is 12.0 Å². The molecule has 1 aliphatic carbocycles. The molecule has 1 amide bonds. The summed E-state index contributed by atoms with van der Waals surface area (Å²) in [5, 5.41) is 12.1. The van der Waals surface area contributed by atoms with Crippen LogP contribution < -0.4 is 5.32 Å². The van der Waals surface area contributed by atoms with Gasteiger partial charge >= 0.3 is 0 Å². The summed E-state index contributed by atoms with van der Waals surface area (Å²) in [4.78, 5) is 12.2. The maximum atomic E-state index is 12.2. The zero-order valence-electron chi connectivity index (χ0n) is 10.8. The fourth-order valence-corrected chi connectivity index (χ4v) is 2.79. The SMILES string of the molecule is CC(C)CC1(C(=O)NC[C@H](C)O)CCCC1. The van der Waals surface area contributed by atoms with E-state index in [0.717, 1.165) is 32.1 Å². The van der Waals surface area contributed by atoms with Crippen molar-refractivity contribution in [2.75, 3.05) is 6.54 Å². The van der Waals surface area contributed by atoms with Gasteiger partial charge in [0.05, 0.1) is 6.10 Å². The summed E-state index contributed by atoms with van der Waals surface area (Å²) < 4.78 is 0. The number of aliphatic hydroxyl groups is 1. The van der Waals surface area contributed by atoms with Crippen LogP contribution in [0, 0.1) is 11.3 Å². The number of carbonyl (C=O) groups is 1. The topological polar surface area (TPSA) is 49.3 Å². The lowest BCUT2D eigenvalue weighted by atomic mass is 9.77. The Labute approximate surface area is 98.6 Å². The van der Waals surface area contributed by atoms with Crippen LogP contribution in [0.25, 0.3) is 0 Å². The van der Waals surface area contributed by atoms with E-state index in [-0.39, 0.29) is 11.3 Å². The van der Waals surface area contributed by atoms with Crippen LogP contribution in [0.1, 0.15) is 52.9 Å². The van der Waals surface area contributed by atoms with Crippen molar-refractivity contribution < 1.29 is 9.90 Å². The first-order chi connectivity index (χ1) is 7.46. The third-order valence-corrected chi connectivity index (χ3v) is 3.40. The van der Waals surface area contributed by atoms with Crippen molar-refractivity contribution in [1.82, 2.24) is 5.32 Å².